The van der Waals surface area contributed by atoms with Gasteiger partial charge in [-0.15, -0.1) is 13.2 Å². The van der Waals surface area contributed by atoms with Gasteiger partial charge in [0.05, 0.1) is 0 Å². The van der Waals surface area contributed by atoms with Crippen molar-refractivity contribution in [2.45, 2.75) is 74.1 Å². The second kappa shape index (κ2) is 30.9. The number of allylic oxidation sites excluding steroid dienone is 2. The molecule has 0 aliphatic heterocycles. The Labute approximate surface area is 226 Å². The fraction of sp³-hybridized carbons (Fsp3) is 0.586. The molecule has 0 aromatic rings. The molecule has 2 N–H and O–H groups in total. The zero-order valence-corrected chi connectivity index (χ0v) is 24.7. The summed E-state index contributed by atoms with van der Waals surface area (Å²) in [6.07, 6.45) is 6.07. The molecule has 4 amide bonds. The first-order valence-electron chi connectivity index (χ1n) is 12.9. The average Bonchev–Trinajstić information content (AvgIpc) is 2.84. The van der Waals surface area contributed by atoms with Crippen LogP contribution in [0.25, 0.3) is 0 Å². The summed E-state index contributed by atoms with van der Waals surface area (Å²) >= 11 is 0. The quantitative estimate of drug-likeness (QED) is 0.126. The maximum Gasteiger partial charge on any atom is 0.248 e. The van der Waals surface area contributed by atoms with Crippen LogP contribution in [-0.2, 0) is 19.2 Å². The van der Waals surface area contributed by atoms with Crippen molar-refractivity contribution >= 4 is 24.6 Å². The molecule has 37 heavy (non-hydrogen) atoms. The van der Waals surface area contributed by atoms with Crippen molar-refractivity contribution in [1.29, 1.82) is 0 Å². The molecule has 0 saturated heterocycles. The minimum absolute atomic E-state index is 0.0987. The number of rotatable bonds is 17. The fourth-order valence-electron chi connectivity index (χ4n) is 2.49. The lowest BCUT2D eigenvalue weighted by Crippen LogP contribution is -2.36. The lowest BCUT2D eigenvalue weighted by Gasteiger charge is -2.24. The number of nitrogens with one attached hydrogen (secondary N) is 2. The van der Waals surface area contributed by atoms with Crippen LogP contribution in [0, 0.1) is 0 Å². The van der Waals surface area contributed by atoms with E-state index >= 15 is 0 Å². The van der Waals surface area contributed by atoms with E-state index in [1.165, 1.54) is 5.57 Å². The van der Waals surface area contributed by atoms with Gasteiger partial charge in [-0.05, 0) is 60.3 Å². The van der Waals surface area contributed by atoms with Crippen LogP contribution in [0.15, 0.2) is 49.1 Å². The summed E-state index contributed by atoms with van der Waals surface area (Å²) in [5, 5.41) is 5.32. The van der Waals surface area contributed by atoms with E-state index < -0.39 is 0 Å². The van der Waals surface area contributed by atoms with Gasteiger partial charge in [-0.2, -0.15) is 0 Å². The van der Waals surface area contributed by atoms with Gasteiger partial charge in [0.25, 0.3) is 0 Å². The third kappa shape index (κ3) is 32.8. The highest BCUT2D eigenvalue weighted by Crippen LogP contribution is 2.04. The molecule has 0 radical (unpaired) electrons. The Morgan fingerprint density at radius 2 is 1.22 bits per heavy atom. The molecule has 8 heteroatoms. The second-order valence-electron chi connectivity index (χ2n) is 8.35. The number of hydrogen-bond acceptors (Lipinski definition) is 4. The standard InChI is InChI=1S/C20H34N4O4.C4H8.C3H6.C2H6/c1-17(2)19(27)22-10-8-14-24(20(28)18(3)4)13-6-5-11-23(16-26)12-7-9-21-15-25;1-4(2)3;1-3-2;1-2/h15-16H,1,3,5-14H2,2,4H3,(H,21,25)(H,22,27);1H2,2-3H3;3H,1H2,2H3;1-2H3. The third-order valence-electron chi connectivity index (χ3n) is 4.05. The van der Waals surface area contributed by atoms with E-state index in [4.69, 9.17) is 0 Å². The fourth-order valence-corrected chi connectivity index (χ4v) is 2.49. The summed E-state index contributed by atoms with van der Waals surface area (Å²) in [6, 6.07) is 0. The van der Waals surface area contributed by atoms with E-state index in [0.29, 0.717) is 69.7 Å². The van der Waals surface area contributed by atoms with Crippen LogP contribution in [0.3, 0.4) is 0 Å². The van der Waals surface area contributed by atoms with Crippen LogP contribution in [0.5, 0.6) is 0 Å². The summed E-state index contributed by atoms with van der Waals surface area (Å²) in [6.45, 7) is 30.7. The van der Waals surface area contributed by atoms with Crippen molar-refractivity contribution in [3.8, 4) is 0 Å². The molecule has 0 spiro atoms. The summed E-state index contributed by atoms with van der Waals surface area (Å²) in [5.41, 5.74) is 2.10. The van der Waals surface area contributed by atoms with Crippen molar-refractivity contribution in [3.05, 3.63) is 49.1 Å². The predicted molar refractivity (Wildman–Crippen MR) is 157 cm³/mol. The van der Waals surface area contributed by atoms with Crippen LogP contribution in [-0.4, -0.2) is 73.7 Å². The van der Waals surface area contributed by atoms with Gasteiger partial charge in [0.1, 0.15) is 0 Å². The van der Waals surface area contributed by atoms with Crippen LogP contribution < -0.4 is 10.6 Å². The molecule has 0 bridgehead atoms. The van der Waals surface area contributed by atoms with Crippen LogP contribution in [0.4, 0.5) is 0 Å². The largest absolute Gasteiger partial charge is 0.359 e. The van der Waals surface area contributed by atoms with Crippen molar-refractivity contribution in [1.82, 2.24) is 20.4 Å². The maximum absolute atomic E-state index is 12.3. The molecule has 0 fully saturated rings. The van der Waals surface area contributed by atoms with Gasteiger partial charge in [-0.25, -0.2) is 0 Å². The number of unbranched alkanes of at least 4 members (excludes halogenated alkanes) is 1. The Balaban J connectivity index is -0.000000524. The van der Waals surface area contributed by atoms with Crippen LogP contribution in [0.2, 0.25) is 0 Å². The third-order valence-corrected chi connectivity index (χ3v) is 4.05. The van der Waals surface area contributed by atoms with Gasteiger partial charge < -0.3 is 20.4 Å². The zero-order chi connectivity index (χ0) is 29.6. The Bertz CT molecular complexity index is 671. The highest BCUT2D eigenvalue weighted by molar-refractivity contribution is 5.92. The summed E-state index contributed by atoms with van der Waals surface area (Å²) in [7, 11) is 0. The lowest BCUT2D eigenvalue weighted by atomic mass is 10.2. The first kappa shape index (κ1) is 41.0. The number of carbonyl (C=O) groups excluding carboxylic acids is 4. The van der Waals surface area contributed by atoms with Gasteiger partial charge >= 0.3 is 0 Å². The maximum atomic E-state index is 12.3. The molecular formula is C29H54N4O4. The van der Waals surface area contributed by atoms with E-state index in [1.54, 1.807) is 29.7 Å². The van der Waals surface area contributed by atoms with Crippen molar-refractivity contribution < 1.29 is 19.2 Å². The highest BCUT2D eigenvalue weighted by atomic mass is 16.2. The molecular weight excluding hydrogens is 468 g/mol. The Morgan fingerprint density at radius 3 is 1.65 bits per heavy atom. The molecule has 0 aliphatic carbocycles. The monoisotopic (exact) mass is 522 g/mol. The van der Waals surface area contributed by atoms with E-state index in [1.807, 2.05) is 34.6 Å². The smallest absolute Gasteiger partial charge is 0.248 e. The van der Waals surface area contributed by atoms with Gasteiger partial charge in [0.2, 0.25) is 24.6 Å². The van der Waals surface area contributed by atoms with E-state index in [-0.39, 0.29) is 11.8 Å². The normalized spacial score (nSPS) is 8.73. The Morgan fingerprint density at radius 1 is 0.784 bits per heavy atom. The average molecular weight is 523 g/mol. The van der Waals surface area contributed by atoms with Gasteiger partial charge in [-0.1, -0.05) is 38.7 Å². The van der Waals surface area contributed by atoms with Crippen molar-refractivity contribution in [2.24, 2.45) is 0 Å². The second-order valence-corrected chi connectivity index (χ2v) is 8.35. The van der Waals surface area contributed by atoms with Crippen LogP contribution >= 0.6 is 0 Å². The minimum atomic E-state index is -0.185. The predicted octanol–water partition coefficient (Wildman–Crippen LogP) is 4.65. The van der Waals surface area contributed by atoms with Crippen LogP contribution in [0.1, 0.15) is 74.1 Å². The van der Waals surface area contributed by atoms with Gasteiger partial charge in [0.15, 0.2) is 0 Å². The molecule has 0 saturated carbocycles. The Kier molecular flexibility index (Phi) is 34.2. The summed E-state index contributed by atoms with van der Waals surface area (Å²) < 4.78 is 0. The molecule has 0 heterocycles. The zero-order valence-electron chi connectivity index (χ0n) is 24.7. The van der Waals surface area contributed by atoms with Crippen molar-refractivity contribution in [2.75, 3.05) is 39.3 Å². The number of amides is 4. The molecule has 0 unspecified atom stereocenters. The summed E-state index contributed by atoms with van der Waals surface area (Å²) in [5.74, 6) is -0.284. The van der Waals surface area contributed by atoms with Gasteiger partial charge in [-0.3, -0.25) is 19.2 Å². The summed E-state index contributed by atoms with van der Waals surface area (Å²) in [4.78, 5) is 48.5. The molecule has 0 atom stereocenters. The lowest BCUT2D eigenvalue weighted by molar-refractivity contribution is -0.127. The highest BCUT2D eigenvalue weighted by Gasteiger charge is 2.14. The molecule has 8 nitrogen and oxygen atoms in total. The van der Waals surface area contributed by atoms with E-state index in [2.05, 4.69) is 36.9 Å². The van der Waals surface area contributed by atoms with E-state index in [0.717, 1.165) is 19.3 Å². The molecule has 0 rings (SSSR count). The molecule has 0 aromatic carbocycles. The first-order valence-corrected chi connectivity index (χ1v) is 12.9. The topological polar surface area (TPSA) is 98.8 Å². The number of carbonyl (C=O) groups is 4. The first-order chi connectivity index (χ1) is 17.5. The SMILES string of the molecule is C=C(C)C.C=C(C)C(=O)NCCCN(CCCCN(C=O)CCCNC=O)C(=O)C(=C)C.C=CC.CC. The molecule has 0 aliphatic rings. The van der Waals surface area contributed by atoms with Crippen molar-refractivity contribution in [3.63, 3.8) is 0 Å². The molecule has 0 aromatic heterocycles. The number of nitrogens with zero attached hydrogens (tertiary/aromatic N) is 2. The molecule has 214 valence electrons. The Hall–Kier alpha value is -3.16. The minimum Gasteiger partial charge on any atom is -0.359 e. The van der Waals surface area contributed by atoms with Gasteiger partial charge in [0, 0.05) is 50.4 Å². The van der Waals surface area contributed by atoms with E-state index in [9.17, 15) is 19.2 Å². The number of hydrogen-bond donors (Lipinski definition) is 2.